The second kappa shape index (κ2) is 6.38. The van der Waals surface area contributed by atoms with E-state index in [-0.39, 0.29) is 5.56 Å². The minimum atomic E-state index is -0.544. The Bertz CT molecular complexity index is 509. The summed E-state index contributed by atoms with van der Waals surface area (Å²) in [5.74, 6) is -1.09. The van der Waals surface area contributed by atoms with Gasteiger partial charge in [0, 0.05) is 18.0 Å². The van der Waals surface area contributed by atoms with E-state index >= 15 is 0 Å². The number of pyridine rings is 1. The monoisotopic (exact) mass is 262 g/mol. The fraction of sp³-hybridized carbons (Fsp3) is 0.267. The van der Waals surface area contributed by atoms with Crippen molar-refractivity contribution in [3.8, 4) is 0 Å². The van der Waals surface area contributed by atoms with E-state index < -0.39 is 17.7 Å². The van der Waals surface area contributed by atoms with Crippen molar-refractivity contribution in [1.82, 2.24) is 10.3 Å². The number of nitrogens with one attached hydrogen (secondary N) is 1. The number of benzene rings is 1. The highest BCUT2D eigenvalue weighted by Gasteiger charge is 2.21. The molecule has 2 rings (SSSR count). The molecule has 1 aromatic heterocycles. The third-order valence-electron chi connectivity index (χ3n) is 2.90. The van der Waals surface area contributed by atoms with Crippen LogP contribution in [-0.4, -0.2) is 11.5 Å². The lowest BCUT2D eigenvalue weighted by Gasteiger charge is -2.20. The molecule has 0 radical (unpaired) electrons. The predicted octanol–water partition coefficient (Wildman–Crippen LogP) is 3.45. The van der Waals surface area contributed by atoms with Gasteiger partial charge in [-0.15, -0.1) is 0 Å². The molecular weight excluding hydrogens is 246 g/mol. The van der Waals surface area contributed by atoms with Crippen LogP contribution in [0.25, 0.3) is 0 Å². The van der Waals surface area contributed by atoms with E-state index in [1.54, 1.807) is 18.5 Å². The highest BCUT2D eigenvalue weighted by molar-refractivity contribution is 5.32. The van der Waals surface area contributed by atoms with Crippen molar-refractivity contribution >= 4 is 0 Å². The number of aromatic nitrogens is 1. The fourth-order valence-electron chi connectivity index (χ4n) is 2.01. The van der Waals surface area contributed by atoms with E-state index in [0.717, 1.165) is 12.0 Å². The smallest absolute Gasteiger partial charge is 0.131 e. The molecule has 1 N–H and O–H groups in total. The standard InChI is InChI=1S/C15H16F2N2/c1-2-8-19-15(11-5-4-9-18-10-11)14-12(16)6-3-7-13(14)17/h3-7,9-10,15,19H,2,8H2,1H3. The van der Waals surface area contributed by atoms with Gasteiger partial charge < -0.3 is 5.32 Å². The lowest BCUT2D eigenvalue weighted by molar-refractivity contribution is 0.502. The Balaban J connectivity index is 2.43. The van der Waals surface area contributed by atoms with Gasteiger partial charge in [-0.25, -0.2) is 8.78 Å². The molecule has 1 atom stereocenters. The van der Waals surface area contributed by atoms with Crippen molar-refractivity contribution < 1.29 is 8.78 Å². The minimum Gasteiger partial charge on any atom is -0.306 e. The topological polar surface area (TPSA) is 24.9 Å². The summed E-state index contributed by atoms with van der Waals surface area (Å²) in [6.07, 6.45) is 4.14. The lowest BCUT2D eigenvalue weighted by Crippen LogP contribution is -2.25. The number of nitrogens with zero attached hydrogens (tertiary/aromatic N) is 1. The van der Waals surface area contributed by atoms with Crippen LogP contribution in [0.3, 0.4) is 0 Å². The van der Waals surface area contributed by atoms with E-state index in [1.807, 2.05) is 13.0 Å². The zero-order chi connectivity index (χ0) is 13.7. The number of hydrogen-bond donors (Lipinski definition) is 1. The molecule has 1 heterocycles. The van der Waals surface area contributed by atoms with Crippen molar-refractivity contribution in [2.75, 3.05) is 6.54 Å². The number of hydrogen-bond acceptors (Lipinski definition) is 2. The predicted molar refractivity (Wildman–Crippen MR) is 70.7 cm³/mol. The molecule has 0 aliphatic carbocycles. The Kier molecular flexibility index (Phi) is 4.58. The van der Waals surface area contributed by atoms with Crippen molar-refractivity contribution in [2.24, 2.45) is 0 Å². The third-order valence-corrected chi connectivity index (χ3v) is 2.90. The summed E-state index contributed by atoms with van der Waals surface area (Å²) in [4.78, 5) is 4.01. The first-order valence-corrected chi connectivity index (χ1v) is 6.31. The molecule has 100 valence electrons. The van der Waals surface area contributed by atoms with Gasteiger partial charge in [-0.2, -0.15) is 0 Å². The Morgan fingerprint density at radius 3 is 2.47 bits per heavy atom. The second-order valence-corrected chi connectivity index (χ2v) is 4.31. The molecule has 0 aliphatic heterocycles. The van der Waals surface area contributed by atoms with Crippen LogP contribution < -0.4 is 5.32 Å². The van der Waals surface area contributed by atoms with E-state index in [4.69, 9.17) is 0 Å². The molecule has 0 bridgehead atoms. The maximum absolute atomic E-state index is 13.9. The van der Waals surface area contributed by atoms with E-state index in [9.17, 15) is 8.78 Å². The third kappa shape index (κ3) is 3.15. The average molecular weight is 262 g/mol. The maximum Gasteiger partial charge on any atom is 0.131 e. The zero-order valence-electron chi connectivity index (χ0n) is 10.7. The average Bonchev–Trinajstić information content (AvgIpc) is 2.43. The summed E-state index contributed by atoms with van der Waals surface area (Å²) in [7, 11) is 0. The van der Waals surface area contributed by atoms with Crippen LogP contribution in [0.4, 0.5) is 8.78 Å². The molecule has 0 saturated carbocycles. The van der Waals surface area contributed by atoms with Gasteiger partial charge in [-0.1, -0.05) is 19.1 Å². The summed E-state index contributed by atoms with van der Waals surface area (Å²) < 4.78 is 27.8. The van der Waals surface area contributed by atoms with Gasteiger partial charge in [-0.05, 0) is 36.7 Å². The van der Waals surface area contributed by atoms with Gasteiger partial charge in [0.25, 0.3) is 0 Å². The first-order chi connectivity index (χ1) is 9.24. The zero-order valence-corrected chi connectivity index (χ0v) is 10.7. The first kappa shape index (κ1) is 13.6. The van der Waals surface area contributed by atoms with Crippen molar-refractivity contribution in [1.29, 1.82) is 0 Å². The summed E-state index contributed by atoms with van der Waals surface area (Å²) in [5.41, 5.74) is 0.795. The van der Waals surface area contributed by atoms with Gasteiger partial charge >= 0.3 is 0 Å². The summed E-state index contributed by atoms with van der Waals surface area (Å²) >= 11 is 0. The Morgan fingerprint density at radius 1 is 1.16 bits per heavy atom. The summed E-state index contributed by atoms with van der Waals surface area (Å²) in [6, 6.07) is 6.97. The molecule has 0 saturated heterocycles. The summed E-state index contributed by atoms with van der Waals surface area (Å²) in [6.45, 7) is 2.68. The molecule has 1 unspecified atom stereocenters. The number of halogens is 2. The van der Waals surface area contributed by atoms with Gasteiger partial charge in [0.15, 0.2) is 0 Å². The molecule has 2 nitrogen and oxygen atoms in total. The Morgan fingerprint density at radius 2 is 1.89 bits per heavy atom. The lowest BCUT2D eigenvalue weighted by atomic mass is 9.99. The molecule has 19 heavy (non-hydrogen) atoms. The van der Waals surface area contributed by atoms with Gasteiger partial charge in [0.2, 0.25) is 0 Å². The van der Waals surface area contributed by atoms with Crippen LogP contribution in [-0.2, 0) is 0 Å². The van der Waals surface area contributed by atoms with Crippen LogP contribution in [0.2, 0.25) is 0 Å². The van der Waals surface area contributed by atoms with Crippen LogP contribution in [0.5, 0.6) is 0 Å². The van der Waals surface area contributed by atoms with Crippen LogP contribution in [0.1, 0.15) is 30.5 Å². The van der Waals surface area contributed by atoms with Gasteiger partial charge in [0.05, 0.1) is 6.04 Å². The van der Waals surface area contributed by atoms with Crippen molar-refractivity contribution in [3.05, 3.63) is 65.5 Å². The first-order valence-electron chi connectivity index (χ1n) is 6.31. The van der Waals surface area contributed by atoms with E-state index in [0.29, 0.717) is 6.54 Å². The van der Waals surface area contributed by atoms with E-state index in [2.05, 4.69) is 10.3 Å². The quantitative estimate of drug-likeness (QED) is 0.892. The SMILES string of the molecule is CCCNC(c1cccnc1)c1c(F)cccc1F. The minimum absolute atomic E-state index is 0.0453. The maximum atomic E-state index is 13.9. The van der Waals surface area contributed by atoms with Crippen LogP contribution in [0.15, 0.2) is 42.7 Å². The van der Waals surface area contributed by atoms with Crippen LogP contribution >= 0.6 is 0 Å². The molecule has 0 fully saturated rings. The highest BCUT2D eigenvalue weighted by atomic mass is 19.1. The molecular formula is C15H16F2N2. The highest BCUT2D eigenvalue weighted by Crippen LogP contribution is 2.26. The molecule has 0 aliphatic rings. The Hall–Kier alpha value is -1.81. The van der Waals surface area contributed by atoms with Gasteiger partial charge in [-0.3, -0.25) is 4.98 Å². The second-order valence-electron chi connectivity index (χ2n) is 4.31. The Labute approximate surface area is 111 Å². The normalized spacial score (nSPS) is 12.4. The molecule has 0 amide bonds. The van der Waals surface area contributed by atoms with E-state index in [1.165, 1.54) is 18.2 Å². The summed E-state index contributed by atoms with van der Waals surface area (Å²) in [5, 5.41) is 3.16. The molecule has 2 aromatic rings. The van der Waals surface area contributed by atoms with Crippen molar-refractivity contribution in [2.45, 2.75) is 19.4 Å². The van der Waals surface area contributed by atoms with Crippen molar-refractivity contribution in [3.63, 3.8) is 0 Å². The molecule has 1 aromatic carbocycles. The molecule has 0 spiro atoms. The number of rotatable bonds is 5. The van der Waals surface area contributed by atoms with Crippen LogP contribution in [0, 0.1) is 11.6 Å². The fourth-order valence-corrected chi connectivity index (χ4v) is 2.01. The largest absolute Gasteiger partial charge is 0.306 e. The molecule has 4 heteroatoms. The van der Waals surface area contributed by atoms with Gasteiger partial charge in [0.1, 0.15) is 11.6 Å².